The average molecular weight is 282 g/mol. The van der Waals surface area contributed by atoms with Gasteiger partial charge in [-0.15, -0.1) is 0 Å². The summed E-state index contributed by atoms with van der Waals surface area (Å²) in [5.41, 5.74) is 5.09. The first-order valence-corrected chi connectivity index (χ1v) is 7.57. The first-order valence-electron chi connectivity index (χ1n) is 7.57. The van der Waals surface area contributed by atoms with Gasteiger partial charge in [0.05, 0.1) is 24.4 Å². The van der Waals surface area contributed by atoms with Gasteiger partial charge in [-0.05, 0) is 49.6 Å². The van der Waals surface area contributed by atoms with Gasteiger partial charge in [0.2, 0.25) is 0 Å². The van der Waals surface area contributed by atoms with Crippen LogP contribution in [0.3, 0.4) is 0 Å². The molecule has 2 unspecified atom stereocenters. The lowest BCUT2D eigenvalue weighted by molar-refractivity contribution is 0.0295. The number of benzene rings is 1. The normalized spacial score (nSPS) is 19.0. The summed E-state index contributed by atoms with van der Waals surface area (Å²) in [7, 11) is 1.99. The van der Waals surface area contributed by atoms with Crippen LogP contribution in [0.2, 0.25) is 0 Å². The van der Waals surface area contributed by atoms with E-state index in [0.29, 0.717) is 0 Å². The molecule has 0 bridgehead atoms. The van der Waals surface area contributed by atoms with E-state index in [4.69, 9.17) is 4.74 Å². The maximum absolute atomic E-state index is 6.03. The van der Waals surface area contributed by atoms with Crippen LogP contribution in [0.4, 0.5) is 0 Å². The lowest BCUT2D eigenvalue weighted by Gasteiger charge is -2.29. The van der Waals surface area contributed by atoms with Gasteiger partial charge in [-0.1, -0.05) is 30.3 Å². The first-order chi connectivity index (χ1) is 10.3. The van der Waals surface area contributed by atoms with E-state index in [1.807, 2.05) is 19.3 Å². The molecular weight excluding hydrogens is 260 g/mol. The quantitative estimate of drug-likeness (QED) is 0.933. The smallest absolute Gasteiger partial charge is 0.0846 e. The number of ether oxygens (including phenoxy) is 1. The van der Waals surface area contributed by atoms with Crippen molar-refractivity contribution < 1.29 is 4.74 Å². The number of pyridine rings is 1. The Balaban J connectivity index is 1.84. The lowest BCUT2D eigenvalue weighted by atomic mass is 9.92. The second kappa shape index (κ2) is 6.37. The van der Waals surface area contributed by atoms with E-state index >= 15 is 0 Å². The van der Waals surface area contributed by atoms with Gasteiger partial charge in [0, 0.05) is 6.20 Å². The fraction of sp³-hybridized carbons (Fsp3) is 0.389. The first kappa shape index (κ1) is 14.2. The third-order valence-electron chi connectivity index (χ3n) is 4.27. The van der Waals surface area contributed by atoms with Crippen LogP contribution in [0.1, 0.15) is 41.0 Å². The minimum Gasteiger partial charge on any atom is -0.373 e. The summed E-state index contributed by atoms with van der Waals surface area (Å²) in [6.45, 7) is 2.92. The molecule has 0 saturated heterocycles. The van der Waals surface area contributed by atoms with Gasteiger partial charge in [0.15, 0.2) is 0 Å². The number of fused-ring (bicyclic) bond motifs is 1. The number of nitrogens with one attached hydrogen (secondary N) is 1. The zero-order chi connectivity index (χ0) is 14.7. The van der Waals surface area contributed by atoms with E-state index < -0.39 is 0 Å². The summed E-state index contributed by atoms with van der Waals surface area (Å²) in [4.78, 5) is 4.55. The van der Waals surface area contributed by atoms with Crippen LogP contribution >= 0.6 is 0 Å². The highest BCUT2D eigenvalue weighted by Gasteiger charge is 2.25. The van der Waals surface area contributed by atoms with E-state index in [9.17, 15) is 0 Å². The van der Waals surface area contributed by atoms with E-state index in [1.54, 1.807) is 0 Å². The Morgan fingerprint density at radius 2 is 2.14 bits per heavy atom. The van der Waals surface area contributed by atoms with Crippen LogP contribution in [0.5, 0.6) is 0 Å². The molecule has 110 valence electrons. The summed E-state index contributed by atoms with van der Waals surface area (Å²) < 4.78 is 6.03. The monoisotopic (exact) mass is 282 g/mol. The molecule has 0 aliphatic carbocycles. The van der Waals surface area contributed by atoms with Gasteiger partial charge in [0.1, 0.15) is 0 Å². The van der Waals surface area contributed by atoms with Crippen molar-refractivity contribution in [1.29, 1.82) is 0 Å². The Morgan fingerprint density at radius 3 is 2.95 bits per heavy atom. The molecule has 3 heteroatoms. The van der Waals surface area contributed by atoms with Crippen molar-refractivity contribution in [2.75, 3.05) is 13.7 Å². The second-order valence-corrected chi connectivity index (χ2v) is 5.59. The number of aromatic nitrogens is 1. The zero-order valence-corrected chi connectivity index (χ0v) is 12.7. The molecule has 0 radical (unpaired) electrons. The molecule has 1 aromatic carbocycles. The lowest BCUT2D eigenvalue weighted by Crippen LogP contribution is -2.25. The Kier molecular flexibility index (Phi) is 4.32. The van der Waals surface area contributed by atoms with Crippen LogP contribution in [0.15, 0.2) is 42.6 Å². The molecule has 1 aliphatic rings. The van der Waals surface area contributed by atoms with Crippen LogP contribution < -0.4 is 5.32 Å². The number of hydrogen-bond acceptors (Lipinski definition) is 3. The van der Waals surface area contributed by atoms with Crippen molar-refractivity contribution in [3.63, 3.8) is 0 Å². The Morgan fingerprint density at radius 1 is 1.29 bits per heavy atom. The Bertz CT molecular complexity index is 612. The fourth-order valence-corrected chi connectivity index (χ4v) is 3.11. The molecule has 1 aliphatic heterocycles. The molecular formula is C18H22N2O. The SMILES string of the molecule is CNC(CC1OCCc2ccccc21)c1ncccc1C. The summed E-state index contributed by atoms with van der Waals surface area (Å²) in [6, 6.07) is 12.9. The van der Waals surface area contributed by atoms with Crippen LogP contribution in [0.25, 0.3) is 0 Å². The molecule has 0 spiro atoms. The summed E-state index contributed by atoms with van der Waals surface area (Å²) in [5, 5.41) is 3.39. The van der Waals surface area contributed by atoms with Crippen molar-refractivity contribution in [2.24, 2.45) is 0 Å². The zero-order valence-electron chi connectivity index (χ0n) is 12.7. The van der Waals surface area contributed by atoms with Gasteiger partial charge in [-0.25, -0.2) is 0 Å². The summed E-state index contributed by atoms with van der Waals surface area (Å²) in [6.07, 6.45) is 3.93. The third-order valence-corrected chi connectivity index (χ3v) is 4.27. The second-order valence-electron chi connectivity index (χ2n) is 5.59. The van der Waals surface area contributed by atoms with E-state index in [-0.39, 0.29) is 12.1 Å². The van der Waals surface area contributed by atoms with Crippen LogP contribution in [-0.4, -0.2) is 18.6 Å². The fourth-order valence-electron chi connectivity index (χ4n) is 3.11. The molecule has 0 amide bonds. The molecule has 2 aromatic rings. The molecule has 1 N–H and O–H groups in total. The maximum Gasteiger partial charge on any atom is 0.0846 e. The minimum atomic E-state index is 0.147. The summed E-state index contributed by atoms with van der Waals surface area (Å²) >= 11 is 0. The molecule has 2 atom stereocenters. The standard InChI is InChI=1S/C18H22N2O/c1-13-6-5-10-20-18(13)16(19-2)12-17-15-8-4-3-7-14(15)9-11-21-17/h3-8,10,16-17,19H,9,11-12H2,1-2H3. The van der Waals surface area contributed by atoms with Crippen LogP contribution in [-0.2, 0) is 11.2 Å². The van der Waals surface area contributed by atoms with Crippen molar-refractivity contribution in [3.05, 3.63) is 65.0 Å². The topological polar surface area (TPSA) is 34.1 Å². The maximum atomic E-state index is 6.03. The van der Waals surface area contributed by atoms with Crippen molar-refractivity contribution in [1.82, 2.24) is 10.3 Å². The van der Waals surface area contributed by atoms with Gasteiger partial charge in [0.25, 0.3) is 0 Å². The molecule has 3 nitrogen and oxygen atoms in total. The molecule has 21 heavy (non-hydrogen) atoms. The number of hydrogen-bond donors (Lipinski definition) is 1. The molecule has 3 rings (SSSR count). The number of nitrogens with zero attached hydrogens (tertiary/aromatic N) is 1. The van der Waals surface area contributed by atoms with Crippen molar-refractivity contribution >= 4 is 0 Å². The third kappa shape index (κ3) is 2.99. The van der Waals surface area contributed by atoms with E-state index in [0.717, 1.165) is 25.1 Å². The van der Waals surface area contributed by atoms with Gasteiger partial charge in [-0.3, -0.25) is 4.98 Å². The number of rotatable bonds is 4. The molecule has 0 saturated carbocycles. The summed E-state index contributed by atoms with van der Waals surface area (Å²) in [5.74, 6) is 0. The van der Waals surface area contributed by atoms with Gasteiger partial charge >= 0.3 is 0 Å². The predicted octanol–water partition coefficient (Wildman–Crippen LogP) is 3.35. The highest BCUT2D eigenvalue weighted by Crippen LogP contribution is 2.34. The highest BCUT2D eigenvalue weighted by atomic mass is 16.5. The molecule has 2 heterocycles. The average Bonchev–Trinajstić information content (AvgIpc) is 2.53. The highest BCUT2D eigenvalue weighted by molar-refractivity contribution is 5.31. The van der Waals surface area contributed by atoms with Crippen molar-refractivity contribution in [2.45, 2.75) is 31.9 Å². The number of aryl methyl sites for hydroxylation is 1. The molecule has 0 fully saturated rings. The van der Waals surface area contributed by atoms with Gasteiger partial charge in [-0.2, -0.15) is 0 Å². The Hall–Kier alpha value is -1.71. The van der Waals surface area contributed by atoms with Crippen molar-refractivity contribution in [3.8, 4) is 0 Å². The van der Waals surface area contributed by atoms with E-state index in [1.165, 1.54) is 16.7 Å². The Labute approximate surface area is 126 Å². The minimum absolute atomic E-state index is 0.147. The predicted molar refractivity (Wildman–Crippen MR) is 84.2 cm³/mol. The van der Waals surface area contributed by atoms with Gasteiger partial charge < -0.3 is 10.1 Å². The largest absolute Gasteiger partial charge is 0.373 e. The molecule has 1 aromatic heterocycles. The van der Waals surface area contributed by atoms with E-state index in [2.05, 4.69) is 47.6 Å². The van der Waals surface area contributed by atoms with Crippen LogP contribution in [0, 0.1) is 6.92 Å².